The van der Waals surface area contributed by atoms with Crippen LogP contribution in [0.4, 0.5) is 0 Å². The first-order chi connectivity index (χ1) is 11.2. The molecule has 0 radical (unpaired) electrons. The number of pyridine rings is 1. The molecule has 128 valence electrons. The molecule has 5 nitrogen and oxygen atoms in total. The van der Waals surface area contributed by atoms with Gasteiger partial charge in [-0.05, 0) is 31.5 Å². The molecule has 1 heterocycles. The van der Waals surface area contributed by atoms with Crippen LogP contribution in [0.1, 0.15) is 29.8 Å². The van der Waals surface area contributed by atoms with Crippen LogP contribution in [0.2, 0.25) is 0 Å². The van der Waals surface area contributed by atoms with Crippen LogP contribution in [0, 0.1) is 6.92 Å². The largest absolute Gasteiger partial charge is 0.332 e. The molecular weight excluding hydrogens is 324 g/mol. The third kappa shape index (κ3) is 4.00. The van der Waals surface area contributed by atoms with Crippen molar-refractivity contribution in [3.05, 3.63) is 65.5 Å². The van der Waals surface area contributed by atoms with Crippen LogP contribution < -0.4 is 0 Å². The van der Waals surface area contributed by atoms with E-state index in [9.17, 15) is 13.2 Å². The van der Waals surface area contributed by atoms with Crippen molar-refractivity contribution in [1.29, 1.82) is 0 Å². The van der Waals surface area contributed by atoms with Gasteiger partial charge in [0, 0.05) is 19.5 Å². The van der Waals surface area contributed by atoms with Crippen molar-refractivity contribution in [2.24, 2.45) is 0 Å². The number of rotatable bonds is 5. The second kappa shape index (κ2) is 7.13. The molecule has 0 fully saturated rings. The summed E-state index contributed by atoms with van der Waals surface area (Å²) in [5.41, 5.74) is 2.69. The van der Waals surface area contributed by atoms with Crippen molar-refractivity contribution in [2.45, 2.75) is 25.1 Å². The second-order valence-corrected chi connectivity index (χ2v) is 8.35. The SMILES string of the molecule is Cc1ccc([C@@H](c2ccccn2)N(C)C(=O)[C@@H](C)S(C)(=O)=O)cc1. The van der Waals surface area contributed by atoms with Crippen LogP contribution in [-0.2, 0) is 14.6 Å². The lowest BCUT2D eigenvalue weighted by atomic mass is 10.00. The molecule has 6 heteroatoms. The molecule has 24 heavy (non-hydrogen) atoms. The number of benzene rings is 1. The minimum absolute atomic E-state index is 0.441. The third-order valence-electron chi connectivity index (χ3n) is 4.09. The normalized spacial score (nSPS) is 14.0. The van der Waals surface area contributed by atoms with Crippen molar-refractivity contribution in [3.8, 4) is 0 Å². The number of hydrogen-bond donors (Lipinski definition) is 0. The minimum atomic E-state index is -3.46. The first-order valence-electron chi connectivity index (χ1n) is 7.65. The highest BCUT2D eigenvalue weighted by Gasteiger charge is 2.32. The average Bonchev–Trinajstić information content (AvgIpc) is 2.55. The van der Waals surface area contributed by atoms with E-state index in [1.807, 2.05) is 43.3 Å². The fourth-order valence-electron chi connectivity index (χ4n) is 2.48. The van der Waals surface area contributed by atoms with Gasteiger partial charge in [-0.3, -0.25) is 9.78 Å². The van der Waals surface area contributed by atoms with Crippen molar-refractivity contribution in [3.63, 3.8) is 0 Å². The van der Waals surface area contributed by atoms with Crippen LogP contribution >= 0.6 is 0 Å². The number of carbonyl (C=O) groups excluding carboxylic acids is 1. The first-order valence-corrected chi connectivity index (χ1v) is 9.60. The molecule has 0 saturated heterocycles. The van der Waals surface area contributed by atoms with Gasteiger partial charge in [-0.25, -0.2) is 8.42 Å². The zero-order chi connectivity index (χ0) is 17.9. The molecule has 0 spiro atoms. The van der Waals surface area contributed by atoms with E-state index in [1.54, 1.807) is 19.3 Å². The third-order valence-corrected chi connectivity index (χ3v) is 5.57. The van der Waals surface area contributed by atoms with Crippen molar-refractivity contribution >= 4 is 15.7 Å². The zero-order valence-electron chi connectivity index (χ0n) is 14.3. The van der Waals surface area contributed by atoms with Crippen LogP contribution in [0.25, 0.3) is 0 Å². The molecule has 0 aliphatic rings. The van der Waals surface area contributed by atoms with Gasteiger partial charge in [-0.15, -0.1) is 0 Å². The van der Waals surface area contributed by atoms with E-state index in [1.165, 1.54) is 11.8 Å². The topological polar surface area (TPSA) is 67.3 Å². The quantitative estimate of drug-likeness (QED) is 0.833. The molecule has 0 saturated carbocycles. The van der Waals surface area contributed by atoms with Gasteiger partial charge in [0.05, 0.1) is 11.7 Å². The Morgan fingerprint density at radius 3 is 2.25 bits per heavy atom. The molecule has 2 rings (SSSR count). The predicted molar refractivity (Wildman–Crippen MR) is 94.3 cm³/mol. The Labute approximate surface area is 143 Å². The summed E-state index contributed by atoms with van der Waals surface area (Å²) in [5.74, 6) is -0.450. The highest BCUT2D eigenvalue weighted by atomic mass is 32.2. The summed E-state index contributed by atoms with van der Waals surface area (Å²) in [6.45, 7) is 3.40. The van der Waals surface area contributed by atoms with Gasteiger partial charge in [0.25, 0.3) is 0 Å². The smallest absolute Gasteiger partial charge is 0.241 e. The van der Waals surface area contributed by atoms with E-state index in [0.29, 0.717) is 5.69 Å². The van der Waals surface area contributed by atoms with Crippen molar-refractivity contribution < 1.29 is 13.2 Å². The maximum atomic E-state index is 12.7. The van der Waals surface area contributed by atoms with Crippen LogP contribution in [0.3, 0.4) is 0 Å². The van der Waals surface area contributed by atoms with Gasteiger partial charge in [-0.1, -0.05) is 35.9 Å². The number of aromatic nitrogens is 1. The number of sulfone groups is 1. The number of nitrogens with zero attached hydrogens (tertiary/aromatic N) is 2. The standard InChI is InChI=1S/C18H22N2O3S/c1-13-8-10-15(11-9-13)17(16-7-5-6-12-19-16)20(3)18(21)14(2)24(4,22)23/h5-12,14,17H,1-4H3/t14-,17+/m1/s1. The van der Waals surface area contributed by atoms with Crippen LogP contribution in [0.5, 0.6) is 0 Å². The highest BCUT2D eigenvalue weighted by molar-refractivity contribution is 7.92. The summed E-state index contributed by atoms with van der Waals surface area (Å²) in [7, 11) is -1.85. The molecule has 1 aromatic carbocycles. The Morgan fingerprint density at radius 1 is 1.12 bits per heavy atom. The molecule has 2 atom stereocenters. The lowest BCUT2D eigenvalue weighted by molar-refractivity contribution is -0.130. The van der Waals surface area contributed by atoms with Gasteiger partial charge in [0.15, 0.2) is 9.84 Å². The molecular formula is C18H22N2O3S. The monoisotopic (exact) mass is 346 g/mol. The van der Waals surface area contributed by atoms with E-state index in [0.717, 1.165) is 17.4 Å². The van der Waals surface area contributed by atoms with E-state index in [4.69, 9.17) is 0 Å². The molecule has 1 amide bonds. The summed E-state index contributed by atoms with van der Waals surface area (Å²) >= 11 is 0. The fraction of sp³-hybridized carbons (Fsp3) is 0.333. The maximum Gasteiger partial charge on any atom is 0.241 e. The van der Waals surface area contributed by atoms with E-state index in [2.05, 4.69) is 4.98 Å². The summed E-state index contributed by atoms with van der Waals surface area (Å²) in [4.78, 5) is 18.5. The Bertz CT molecular complexity index is 802. The summed E-state index contributed by atoms with van der Waals surface area (Å²) in [5, 5.41) is -1.10. The molecule has 0 N–H and O–H groups in total. The van der Waals surface area contributed by atoms with Gasteiger partial charge in [-0.2, -0.15) is 0 Å². The summed E-state index contributed by atoms with van der Waals surface area (Å²) in [6, 6.07) is 12.8. The van der Waals surface area contributed by atoms with Crippen LogP contribution in [-0.4, -0.2) is 42.8 Å². The Balaban J connectivity index is 2.46. The van der Waals surface area contributed by atoms with E-state index >= 15 is 0 Å². The van der Waals surface area contributed by atoms with Gasteiger partial charge < -0.3 is 4.90 Å². The Hall–Kier alpha value is -2.21. The minimum Gasteiger partial charge on any atom is -0.332 e. The zero-order valence-corrected chi connectivity index (χ0v) is 15.1. The van der Waals surface area contributed by atoms with Gasteiger partial charge in [0.2, 0.25) is 5.91 Å². The molecule has 0 aliphatic carbocycles. The van der Waals surface area contributed by atoms with Crippen LogP contribution in [0.15, 0.2) is 48.7 Å². The lowest BCUT2D eigenvalue weighted by Crippen LogP contribution is -2.41. The summed E-state index contributed by atoms with van der Waals surface area (Å²) in [6.07, 6.45) is 2.74. The molecule has 2 aromatic rings. The number of hydrogen-bond acceptors (Lipinski definition) is 4. The van der Waals surface area contributed by atoms with Gasteiger partial charge >= 0.3 is 0 Å². The number of carbonyl (C=O) groups is 1. The fourth-order valence-corrected chi connectivity index (χ4v) is 3.01. The molecule has 0 unspecified atom stereocenters. The van der Waals surface area contributed by atoms with E-state index < -0.39 is 27.0 Å². The Kier molecular flexibility index (Phi) is 5.39. The number of amides is 1. The summed E-state index contributed by atoms with van der Waals surface area (Å²) < 4.78 is 23.5. The number of aryl methyl sites for hydroxylation is 1. The highest BCUT2D eigenvalue weighted by Crippen LogP contribution is 2.27. The van der Waals surface area contributed by atoms with Gasteiger partial charge in [0.1, 0.15) is 5.25 Å². The predicted octanol–water partition coefficient (Wildman–Crippen LogP) is 2.37. The molecule has 1 aromatic heterocycles. The molecule has 0 bridgehead atoms. The van der Waals surface area contributed by atoms with E-state index in [-0.39, 0.29) is 0 Å². The first kappa shape index (κ1) is 18.1. The van der Waals surface area contributed by atoms with Crippen molar-refractivity contribution in [2.75, 3.05) is 13.3 Å². The molecule has 0 aliphatic heterocycles. The van der Waals surface area contributed by atoms with Crippen molar-refractivity contribution in [1.82, 2.24) is 9.88 Å². The second-order valence-electron chi connectivity index (χ2n) is 5.99. The maximum absolute atomic E-state index is 12.7. The Morgan fingerprint density at radius 2 is 1.75 bits per heavy atom. The average molecular weight is 346 g/mol. The lowest BCUT2D eigenvalue weighted by Gasteiger charge is -2.30.